The van der Waals surface area contributed by atoms with Crippen molar-refractivity contribution in [2.75, 3.05) is 0 Å². The Kier molecular flexibility index (Phi) is 4.80. The Balaban J connectivity index is 1.40. The molecule has 0 atom stereocenters. The number of aromatic nitrogens is 2. The van der Waals surface area contributed by atoms with E-state index in [9.17, 15) is 0 Å². The zero-order valence-electron chi connectivity index (χ0n) is 22.0. The van der Waals surface area contributed by atoms with Crippen LogP contribution >= 0.6 is 11.3 Å². The smallest absolute Gasteiger partial charge is 0.0973 e. The van der Waals surface area contributed by atoms with E-state index in [-0.39, 0.29) is 0 Å². The van der Waals surface area contributed by atoms with Gasteiger partial charge >= 0.3 is 0 Å². The summed E-state index contributed by atoms with van der Waals surface area (Å²) in [5, 5.41) is 10.4. The van der Waals surface area contributed by atoms with Gasteiger partial charge in [0.25, 0.3) is 0 Å². The van der Waals surface area contributed by atoms with Crippen LogP contribution in [0.4, 0.5) is 0 Å². The van der Waals surface area contributed by atoms with Crippen LogP contribution in [0.25, 0.3) is 86.0 Å². The van der Waals surface area contributed by atoms with Gasteiger partial charge in [0, 0.05) is 31.3 Å². The number of thiophene rings is 1. The molecule has 0 radical (unpaired) electrons. The summed E-state index contributed by atoms with van der Waals surface area (Å²) < 4.78 is 2.66. The molecule has 9 aromatic rings. The quantitative estimate of drug-likeness (QED) is 0.205. The number of para-hydroxylation sites is 2. The van der Waals surface area contributed by atoms with Gasteiger partial charge in [-0.3, -0.25) is 0 Å². The molecule has 0 saturated heterocycles. The van der Waals surface area contributed by atoms with Crippen molar-refractivity contribution in [2.24, 2.45) is 0 Å². The number of nitrogens with zero attached hydrogens (tertiary/aromatic N) is 2. The molecule has 0 bridgehead atoms. The van der Waals surface area contributed by atoms with Crippen LogP contribution in [0.2, 0.25) is 0 Å². The van der Waals surface area contributed by atoms with E-state index < -0.39 is 0 Å². The Hall–Kier alpha value is -5.12. The molecule has 2 heterocycles. The minimum Gasteiger partial charge on any atom is -0.244 e. The zero-order valence-corrected chi connectivity index (χ0v) is 22.8. The van der Waals surface area contributed by atoms with E-state index in [1.807, 2.05) is 41.7 Å². The van der Waals surface area contributed by atoms with Crippen LogP contribution in [0, 0.1) is 0 Å². The van der Waals surface area contributed by atoms with Crippen molar-refractivity contribution in [3.63, 3.8) is 0 Å². The Labute approximate surface area is 240 Å². The molecule has 2 nitrogen and oxygen atoms in total. The van der Waals surface area contributed by atoms with E-state index in [1.165, 1.54) is 52.5 Å². The molecule has 2 aromatic heterocycles. The lowest BCUT2D eigenvalue weighted by molar-refractivity contribution is 1.29. The van der Waals surface area contributed by atoms with E-state index in [4.69, 9.17) is 9.97 Å². The monoisotopic (exact) mass is 538 g/mol. The number of hydrogen-bond donors (Lipinski definition) is 0. The third-order valence-electron chi connectivity index (χ3n) is 8.23. The second kappa shape index (κ2) is 8.69. The summed E-state index contributed by atoms with van der Waals surface area (Å²) in [6, 6.07) is 47.6. The van der Waals surface area contributed by atoms with Crippen molar-refractivity contribution in [2.45, 2.75) is 0 Å². The van der Waals surface area contributed by atoms with Gasteiger partial charge in [-0.25, -0.2) is 9.97 Å². The first kappa shape index (κ1) is 22.7. The SMILES string of the molecule is c1ccc(-c2nc3ccccc3nc2-c2ccc3c(c2)c2ccccc2c2c3ccc3sc4ccccc4c32)cc1. The maximum Gasteiger partial charge on any atom is 0.0973 e. The number of fused-ring (bicyclic) bond motifs is 11. The summed E-state index contributed by atoms with van der Waals surface area (Å²) in [4.78, 5) is 10.3. The topological polar surface area (TPSA) is 25.8 Å². The number of hydrogen-bond acceptors (Lipinski definition) is 3. The molecule has 7 aromatic carbocycles. The highest BCUT2D eigenvalue weighted by molar-refractivity contribution is 7.26. The predicted octanol–water partition coefficient (Wildman–Crippen LogP) is 10.8. The van der Waals surface area contributed by atoms with Crippen LogP contribution in [0.5, 0.6) is 0 Å². The zero-order chi connectivity index (χ0) is 26.9. The van der Waals surface area contributed by atoms with E-state index in [0.29, 0.717) is 0 Å². The highest BCUT2D eigenvalue weighted by atomic mass is 32.1. The van der Waals surface area contributed by atoms with Crippen molar-refractivity contribution in [3.8, 4) is 22.5 Å². The lowest BCUT2D eigenvalue weighted by atomic mass is 9.90. The van der Waals surface area contributed by atoms with Gasteiger partial charge in [-0.2, -0.15) is 0 Å². The summed E-state index contributed by atoms with van der Waals surface area (Å²) in [5.74, 6) is 0. The average Bonchev–Trinajstić information content (AvgIpc) is 3.43. The second-order valence-electron chi connectivity index (χ2n) is 10.5. The van der Waals surface area contributed by atoms with Gasteiger partial charge in [0.2, 0.25) is 0 Å². The fraction of sp³-hybridized carbons (Fsp3) is 0. The van der Waals surface area contributed by atoms with Crippen molar-refractivity contribution in [3.05, 3.63) is 133 Å². The molecule has 9 rings (SSSR count). The van der Waals surface area contributed by atoms with Crippen LogP contribution in [-0.4, -0.2) is 9.97 Å². The summed E-state index contributed by atoms with van der Waals surface area (Å²) in [6.45, 7) is 0. The van der Waals surface area contributed by atoms with Gasteiger partial charge in [-0.1, -0.05) is 103 Å². The fourth-order valence-corrected chi connectivity index (χ4v) is 7.52. The van der Waals surface area contributed by atoms with E-state index in [1.54, 1.807) is 0 Å². The summed E-state index contributed by atoms with van der Waals surface area (Å²) >= 11 is 1.88. The van der Waals surface area contributed by atoms with Gasteiger partial charge < -0.3 is 0 Å². The molecule has 0 aliphatic carbocycles. The molecule has 0 amide bonds. The van der Waals surface area contributed by atoms with Crippen molar-refractivity contribution >= 4 is 74.9 Å². The van der Waals surface area contributed by atoms with Crippen LogP contribution < -0.4 is 0 Å². The Bertz CT molecular complexity index is 2450. The predicted molar refractivity (Wildman–Crippen MR) is 176 cm³/mol. The van der Waals surface area contributed by atoms with Gasteiger partial charge in [0.1, 0.15) is 0 Å². The molecule has 0 unspecified atom stereocenters. The van der Waals surface area contributed by atoms with Crippen LogP contribution in [-0.2, 0) is 0 Å². The van der Waals surface area contributed by atoms with E-state index >= 15 is 0 Å². The molecule has 0 fully saturated rings. The lowest BCUT2D eigenvalue weighted by Crippen LogP contribution is -1.95. The van der Waals surface area contributed by atoms with Crippen molar-refractivity contribution in [1.82, 2.24) is 9.97 Å². The minimum absolute atomic E-state index is 0.900. The van der Waals surface area contributed by atoms with Crippen LogP contribution in [0.1, 0.15) is 0 Å². The average molecular weight is 539 g/mol. The number of rotatable bonds is 2. The Morgan fingerprint density at radius 2 is 0.951 bits per heavy atom. The first-order chi connectivity index (χ1) is 20.3. The molecule has 0 N–H and O–H groups in total. The fourth-order valence-electron chi connectivity index (χ4n) is 6.40. The van der Waals surface area contributed by atoms with Crippen molar-refractivity contribution in [1.29, 1.82) is 0 Å². The van der Waals surface area contributed by atoms with E-state index in [0.717, 1.165) is 33.5 Å². The normalized spacial score (nSPS) is 11.9. The van der Waals surface area contributed by atoms with Crippen LogP contribution in [0.3, 0.4) is 0 Å². The number of benzene rings is 7. The van der Waals surface area contributed by atoms with E-state index in [2.05, 4.69) is 103 Å². The Morgan fingerprint density at radius 1 is 0.366 bits per heavy atom. The summed E-state index contributed by atoms with van der Waals surface area (Å²) in [7, 11) is 0. The second-order valence-corrected chi connectivity index (χ2v) is 11.6. The van der Waals surface area contributed by atoms with Gasteiger partial charge in [0.05, 0.1) is 22.4 Å². The molecular formula is C38H22N2S. The standard InChI is InChI=1S/C38H22N2S/c1-2-10-23(11-3-1)37-38(40-32-16-8-7-15-31(32)39-37)24-18-19-26-28-20-21-34-36(29-14-6-9-17-33(29)41-34)35(28)27-13-5-4-12-25(27)30(26)22-24/h1-22H. The molecule has 0 aliphatic rings. The maximum atomic E-state index is 5.18. The molecular weight excluding hydrogens is 516 g/mol. The van der Waals surface area contributed by atoms with Crippen LogP contribution in [0.15, 0.2) is 133 Å². The molecule has 3 heteroatoms. The van der Waals surface area contributed by atoms with Crippen molar-refractivity contribution < 1.29 is 0 Å². The highest BCUT2D eigenvalue weighted by Gasteiger charge is 2.18. The molecule has 0 aliphatic heterocycles. The third kappa shape index (κ3) is 3.36. The first-order valence-corrected chi connectivity index (χ1v) is 14.7. The largest absolute Gasteiger partial charge is 0.244 e. The van der Waals surface area contributed by atoms with Gasteiger partial charge in [-0.05, 0) is 62.6 Å². The maximum absolute atomic E-state index is 5.18. The molecule has 0 saturated carbocycles. The van der Waals surface area contributed by atoms with Gasteiger partial charge in [0.15, 0.2) is 0 Å². The van der Waals surface area contributed by atoms with Gasteiger partial charge in [-0.15, -0.1) is 11.3 Å². The molecule has 190 valence electrons. The molecule has 0 spiro atoms. The molecule has 41 heavy (non-hydrogen) atoms. The highest BCUT2D eigenvalue weighted by Crippen LogP contribution is 2.45. The first-order valence-electron chi connectivity index (χ1n) is 13.8. The third-order valence-corrected chi connectivity index (χ3v) is 9.37. The lowest BCUT2D eigenvalue weighted by Gasteiger charge is -2.15. The minimum atomic E-state index is 0.900. The Morgan fingerprint density at radius 3 is 1.76 bits per heavy atom. The summed E-state index contributed by atoms with van der Waals surface area (Å²) in [5.41, 5.74) is 5.74. The summed E-state index contributed by atoms with van der Waals surface area (Å²) in [6.07, 6.45) is 0.